The molecular weight excluding hydrogens is 282 g/mol. The Morgan fingerprint density at radius 3 is 2.88 bits per heavy atom. The summed E-state index contributed by atoms with van der Waals surface area (Å²) in [7, 11) is 0. The van der Waals surface area contributed by atoms with Crippen molar-refractivity contribution in [1.29, 1.82) is 0 Å². The van der Waals surface area contributed by atoms with Crippen LogP contribution in [0, 0.1) is 5.92 Å². The predicted molar refractivity (Wildman–Crippen MR) is 78.0 cm³/mol. The summed E-state index contributed by atoms with van der Waals surface area (Å²) in [6.45, 7) is 8.82. The molecule has 0 bridgehead atoms. The summed E-state index contributed by atoms with van der Waals surface area (Å²) >= 11 is 5.35. The first-order valence-electron chi connectivity index (χ1n) is 5.72. The lowest BCUT2D eigenvalue weighted by Crippen LogP contribution is -2.20. The minimum Gasteiger partial charge on any atom is -0.316 e. The van der Waals surface area contributed by atoms with E-state index in [-0.39, 0.29) is 0 Å². The Balaban J connectivity index is 2.32. The molecule has 0 aliphatic rings. The quantitative estimate of drug-likeness (QED) is 0.760. The summed E-state index contributed by atoms with van der Waals surface area (Å²) < 4.78 is 1.21. The molecule has 1 aromatic rings. The average Bonchev–Trinajstić information content (AvgIpc) is 2.63. The largest absolute Gasteiger partial charge is 0.316 e. The highest BCUT2D eigenvalue weighted by atomic mass is 79.9. The molecule has 0 aliphatic carbocycles. The van der Waals surface area contributed by atoms with E-state index in [0.29, 0.717) is 0 Å². The van der Waals surface area contributed by atoms with Crippen molar-refractivity contribution < 1.29 is 0 Å². The van der Waals surface area contributed by atoms with E-state index in [1.54, 1.807) is 11.3 Å². The minimum atomic E-state index is 0.733. The molecule has 16 heavy (non-hydrogen) atoms. The average molecular weight is 302 g/mol. The molecule has 90 valence electrons. The molecule has 0 aliphatic heterocycles. The van der Waals surface area contributed by atoms with Crippen molar-refractivity contribution in [3.05, 3.63) is 26.9 Å². The van der Waals surface area contributed by atoms with E-state index in [0.717, 1.165) is 25.4 Å². The second kappa shape index (κ2) is 7.25. The van der Waals surface area contributed by atoms with E-state index in [4.69, 9.17) is 0 Å². The van der Waals surface area contributed by atoms with Gasteiger partial charge in [-0.25, -0.2) is 0 Å². The van der Waals surface area contributed by atoms with Crippen molar-refractivity contribution in [1.82, 2.24) is 5.32 Å². The molecular formula is C13H20BrNS. The molecule has 0 saturated heterocycles. The zero-order valence-corrected chi connectivity index (χ0v) is 12.6. The van der Waals surface area contributed by atoms with Crippen LogP contribution in [0.1, 0.15) is 32.1 Å². The number of nitrogens with one attached hydrogen (secondary N) is 1. The van der Waals surface area contributed by atoms with Crippen LogP contribution in [0.15, 0.2) is 22.0 Å². The van der Waals surface area contributed by atoms with Crippen LogP contribution < -0.4 is 5.32 Å². The van der Waals surface area contributed by atoms with Crippen LogP contribution in [-0.4, -0.2) is 13.1 Å². The molecule has 0 amide bonds. The number of halogens is 1. The highest BCUT2D eigenvalue weighted by Gasteiger charge is 2.02. The Bertz CT molecular complexity index is 341. The van der Waals surface area contributed by atoms with Crippen LogP contribution in [-0.2, 0) is 0 Å². The number of hydrogen-bond donors (Lipinski definition) is 1. The number of rotatable bonds is 6. The van der Waals surface area contributed by atoms with E-state index in [9.17, 15) is 0 Å². The van der Waals surface area contributed by atoms with Gasteiger partial charge in [0.05, 0.1) is 0 Å². The summed E-state index contributed by atoms with van der Waals surface area (Å²) in [5.41, 5.74) is 1.37. The Kier molecular flexibility index (Phi) is 6.32. The molecule has 3 heteroatoms. The highest BCUT2D eigenvalue weighted by molar-refractivity contribution is 9.10. The van der Waals surface area contributed by atoms with E-state index in [1.165, 1.54) is 14.9 Å². The third-order valence-corrected chi connectivity index (χ3v) is 4.27. The fourth-order valence-electron chi connectivity index (χ4n) is 1.45. The summed E-state index contributed by atoms with van der Waals surface area (Å²) in [4.78, 5) is 1.35. The molecule has 0 radical (unpaired) electrons. The van der Waals surface area contributed by atoms with Gasteiger partial charge < -0.3 is 5.32 Å². The number of hydrogen-bond acceptors (Lipinski definition) is 2. The number of allylic oxidation sites excluding steroid dienone is 1. The van der Waals surface area contributed by atoms with Gasteiger partial charge in [0, 0.05) is 9.35 Å². The van der Waals surface area contributed by atoms with E-state index >= 15 is 0 Å². The van der Waals surface area contributed by atoms with Gasteiger partial charge in [0.15, 0.2) is 0 Å². The monoisotopic (exact) mass is 301 g/mol. The standard InChI is InChI=1S/C13H20BrNS/c1-10(2)9-15-7-4-5-11(3)13-12(14)6-8-16-13/h5-6,8,10,15H,4,7,9H2,1-3H3. The minimum absolute atomic E-state index is 0.733. The van der Waals surface area contributed by atoms with Gasteiger partial charge >= 0.3 is 0 Å². The van der Waals surface area contributed by atoms with E-state index in [1.807, 2.05) is 0 Å². The molecule has 0 spiro atoms. The maximum atomic E-state index is 3.56. The summed E-state index contributed by atoms with van der Waals surface area (Å²) in [6.07, 6.45) is 3.41. The van der Waals surface area contributed by atoms with Crippen molar-refractivity contribution in [3.63, 3.8) is 0 Å². The van der Waals surface area contributed by atoms with Gasteiger partial charge in [0.25, 0.3) is 0 Å². The topological polar surface area (TPSA) is 12.0 Å². The third kappa shape index (κ3) is 4.81. The Morgan fingerprint density at radius 2 is 2.31 bits per heavy atom. The molecule has 1 heterocycles. The molecule has 1 nitrogen and oxygen atoms in total. The lowest BCUT2D eigenvalue weighted by Gasteiger charge is -2.05. The second-order valence-electron chi connectivity index (χ2n) is 4.37. The van der Waals surface area contributed by atoms with Crippen LogP contribution in [0.3, 0.4) is 0 Å². The first kappa shape index (κ1) is 13.9. The van der Waals surface area contributed by atoms with Crippen LogP contribution in [0.2, 0.25) is 0 Å². The summed E-state index contributed by atoms with van der Waals surface area (Å²) in [6, 6.07) is 2.11. The van der Waals surface area contributed by atoms with Gasteiger partial charge in [-0.2, -0.15) is 0 Å². The van der Waals surface area contributed by atoms with Gasteiger partial charge in [0.1, 0.15) is 0 Å². The Labute approximate surface area is 111 Å². The first-order chi connectivity index (χ1) is 7.61. The smallest absolute Gasteiger partial charge is 0.0438 e. The zero-order valence-electron chi connectivity index (χ0n) is 10.2. The summed E-state index contributed by atoms with van der Waals surface area (Å²) in [5.74, 6) is 0.733. The second-order valence-corrected chi connectivity index (χ2v) is 6.14. The van der Waals surface area contributed by atoms with Gasteiger partial charge in [-0.1, -0.05) is 19.9 Å². The van der Waals surface area contributed by atoms with Gasteiger partial charge in [0.2, 0.25) is 0 Å². The van der Waals surface area contributed by atoms with Crippen molar-refractivity contribution in [2.24, 2.45) is 5.92 Å². The molecule has 0 atom stereocenters. The van der Waals surface area contributed by atoms with Crippen molar-refractivity contribution in [2.75, 3.05) is 13.1 Å². The van der Waals surface area contributed by atoms with Crippen LogP contribution in [0.4, 0.5) is 0 Å². The fraction of sp³-hybridized carbons (Fsp3) is 0.538. The molecule has 0 aromatic carbocycles. The summed E-state index contributed by atoms with van der Waals surface area (Å²) in [5, 5.41) is 5.57. The Morgan fingerprint density at radius 1 is 1.56 bits per heavy atom. The molecule has 0 fully saturated rings. The van der Waals surface area contributed by atoms with Gasteiger partial charge in [-0.3, -0.25) is 0 Å². The number of thiophene rings is 1. The maximum absolute atomic E-state index is 3.56. The molecule has 1 aromatic heterocycles. The Hall–Kier alpha value is -0.120. The lowest BCUT2D eigenvalue weighted by molar-refractivity contribution is 0.557. The van der Waals surface area contributed by atoms with Crippen molar-refractivity contribution in [2.45, 2.75) is 27.2 Å². The first-order valence-corrected chi connectivity index (χ1v) is 7.39. The normalized spacial score (nSPS) is 12.4. The fourth-order valence-corrected chi connectivity index (χ4v) is 3.14. The van der Waals surface area contributed by atoms with Crippen LogP contribution in [0.5, 0.6) is 0 Å². The molecule has 0 unspecified atom stereocenters. The molecule has 1 N–H and O–H groups in total. The third-order valence-electron chi connectivity index (χ3n) is 2.30. The van der Waals surface area contributed by atoms with Gasteiger partial charge in [-0.05, 0) is 65.3 Å². The zero-order chi connectivity index (χ0) is 12.0. The van der Waals surface area contributed by atoms with E-state index in [2.05, 4.69) is 59.5 Å². The SMILES string of the molecule is CC(=CCCNCC(C)C)c1sccc1Br. The van der Waals surface area contributed by atoms with Gasteiger partial charge in [-0.15, -0.1) is 11.3 Å². The van der Waals surface area contributed by atoms with E-state index < -0.39 is 0 Å². The van der Waals surface area contributed by atoms with Crippen molar-refractivity contribution >= 4 is 32.8 Å². The molecule has 0 saturated carbocycles. The highest BCUT2D eigenvalue weighted by Crippen LogP contribution is 2.29. The predicted octanol–water partition coefficient (Wildman–Crippen LogP) is 4.55. The van der Waals surface area contributed by atoms with Crippen LogP contribution >= 0.6 is 27.3 Å². The molecule has 1 rings (SSSR count). The van der Waals surface area contributed by atoms with Crippen molar-refractivity contribution in [3.8, 4) is 0 Å². The van der Waals surface area contributed by atoms with Crippen LogP contribution in [0.25, 0.3) is 5.57 Å². The maximum Gasteiger partial charge on any atom is 0.0438 e. The lowest BCUT2D eigenvalue weighted by atomic mass is 10.2.